The number of nitrogens with zero attached hydrogens (tertiary/aromatic N) is 1. The first-order chi connectivity index (χ1) is 28.3. The van der Waals surface area contributed by atoms with Gasteiger partial charge in [0.25, 0.3) is 0 Å². The fraction of sp³-hybridized carbons (Fsp3) is 0.107. The Bertz CT molecular complexity index is 3040. The molecule has 8 aromatic carbocycles. The summed E-state index contributed by atoms with van der Waals surface area (Å²) in [5, 5.41) is 1.39. The lowest BCUT2D eigenvalue weighted by atomic mass is 9.80. The summed E-state index contributed by atoms with van der Waals surface area (Å²) in [6, 6.07) is 69.7. The molecule has 0 N–H and O–H groups in total. The van der Waals surface area contributed by atoms with Gasteiger partial charge < -0.3 is 4.90 Å². The fourth-order valence-corrected chi connectivity index (χ4v) is 11.2. The van der Waals surface area contributed by atoms with Gasteiger partial charge in [-0.05, 0) is 132 Å². The zero-order chi connectivity index (χ0) is 39.2. The fourth-order valence-electron chi connectivity index (χ4n) is 9.82. The van der Waals surface area contributed by atoms with Crippen molar-refractivity contribution in [2.24, 2.45) is 0 Å². The van der Waals surface area contributed by atoms with Gasteiger partial charge in [-0.15, -0.1) is 11.3 Å². The van der Waals surface area contributed by atoms with Crippen LogP contribution in [0.2, 0.25) is 0 Å². The van der Waals surface area contributed by atoms with Crippen molar-refractivity contribution in [1.82, 2.24) is 0 Å². The van der Waals surface area contributed by atoms with Crippen LogP contribution in [-0.4, -0.2) is 0 Å². The van der Waals surface area contributed by atoms with Crippen molar-refractivity contribution < 1.29 is 0 Å². The number of benzene rings is 8. The number of thiophene rings is 1. The minimum absolute atomic E-state index is 0.0365. The van der Waals surface area contributed by atoms with E-state index in [0.717, 1.165) is 17.1 Å². The molecule has 0 saturated heterocycles. The summed E-state index contributed by atoms with van der Waals surface area (Å²) in [4.78, 5) is 3.81. The van der Waals surface area contributed by atoms with Gasteiger partial charge in [-0.25, -0.2) is 0 Å². The molecule has 0 amide bonds. The molecule has 1 heterocycles. The Labute approximate surface area is 345 Å². The second-order valence-corrected chi connectivity index (χ2v) is 18.0. The van der Waals surface area contributed by atoms with Crippen LogP contribution >= 0.6 is 11.3 Å². The summed E-state index contributed by atoms with van der Waals surface area (Å²) in [6.45, 7) is 9.49. The molecule has 0 atom stereocenters. The van der Waals surface area contributed by atoms with Crippen LogP contribution in [0.15, 0.2) is 188 Å². The highest BCUT2D eigenvalue weighted by Gasteiger charge is 2.39. The Kier molecular flexibility index (Phi) is 7.80. The van der Waals surface area contributed by atoms with Gasteiger partial charge in [0.15, 0.2) is 0 Å². The molecule has 1 nitrogen and oxygen atoms in total. The number of fused-ring (bicyclic) bond motifs is 8. The predicted molar refractivity (Wildman–Crippen MR) is 248 cm³/mol. The second-order valence-electron chi connectivity index (χ2n) is 17.0. The standard InChI is InChI=1S/C56H43NS/c1-55(2)49-19-10-8-17-45(49)46-31-25-40(34-50(46)55)38-23-29-43(30-24-38)57(42-27-21-37(22-28-42)36-13-6-5-7-14-36)44-16-12-15-39(33-44)41-26-32-47-51(35-41)56(3,4)53-48-18-9-11-20-52(48)58-54(47)53/h5-35H,1-4H3. The Hall–Kier alpha value is -6.48. The van der Waals surface area contributed by atoms with Crippen LogP contribution in [0.3, 0.4) is 0 Å². The van der Waals surface area contributed by atoms with Crippen molar-refractivity contribution in [3.63, 3.8) is 0 Å². The quantitative estimate of drug-likeness (QED) is 0.163. The third-order valence-electron chi connectivity index (χ3n) is 12.9. The summed E-state index contributed by atoms with van der Waals surface area (Å²) < 4.78 is 1.37. The van der Waals surface area contributed by atoms with Crippen LogP contribution in [0.1, 0.15) is 49.9 Å². The summed E-state index contributed by atoms with van der Waals surface area (Å²) in [7, 11) is 0. The van der Waals surface area contributed by atoms with E-state index in [9.17, 15) is 0 Å². The lowest BCUT2D eigenvalue weighted by Gasteiger charge is -2.27. The highest BCUT2D eigenvalue weighted by Crippen LogP contribution is 2.56. The zero-order valence-corrected chi connectivity index (χ0v) is 34.1. The SMILES string of the molecule is CC1(C)c2ccccc2-c2ccc(-c3ccc(N(c4ccc(-c5ccccc5)cc4)c4cccc(-c5ccc6c(c5)C(C)(C)c5c-6sc6ccccc56)c4)cc3)cc21. The van der Waals surface area contributed by atoms with Gasteiger partial charge in [0.05, 0.1) is 0 Å². The van der Waals surface area contributed by atoms with Gasteiger partial charge in [0, 0.05) is 37.5 Å². The van der Waals surface area contributed by atoms with Gasteiger partial charge in [0.2, 0.25) is 0 Å². The van der Waals surface area contributed by atoms with E-state index in [1.807, 2.05) is 11.3 Å². The maximum absolute atomic E-state index is 2.44. The van der Waals surface area contributed by atoms with E-state index in [4.69, 9.17) is 0 Å². The van der Waals surface area contributed by atoms with Gasteiger partial charge in [0.1, 0.15) is 0 Å². The third kappa shape index (κ3) is 5.36. The predicted octanol–water partition coefficient (Wildman–Crippen LogP) is 16.0. The first-order valence-electron chi connectivity index (χ1n) is 20.3. The van der Waals surface area contributed by atoms with E-state index in [1.165, 1.54) is 87.3 Å². The molecule has 0 radical (unpaired) electrons. The molecule has 2 aliphatic carbocycles. The monoisotopic (exact) mass is 761 g/mol. The highest BCUT2D eigenvalue weighted by atomic mass is 32.1. The molecular formula is C56H43NS. The maximum Gasteiger partial charge on any atom is 0.0467 e. The van der Waals surface area contributed by atoms with Gasteiger partial charge in [-0.3, -0.25) is 0 Å². The van der Waals surface area contributed by atoms with Crippen LogP contribution in [0.5, 0.6) is 0 Å². The number of rotatable bonds is 6. The minimum Gasteiger partial charge on any atom is -0.310 e. The summed E-state index contributed by atoms with van der Waals surface area (Å²) in [5.41, 5.74) is 20.3. The zero-order valence-electron chi connectivity index (χ0n) is 33.3. The molecule has 0 spiro atoms. The Morgan fingerprint density at radius 3 is 1.62 bits per heavy atom. The molecule has 11 rings (SSSR count). The largest absolute Gasteiger partial charge is 0.310 e. The summed E-state index contributed by atoms with van der Waals surface area (Å²) in [5.74, 6) is 0. The number of hydrogen-bond acceptors (Lipinski definition) is 2. The lowest BCUT2D eigenvalue weighted by molar-refractivity contribution is 0.660. The summed E-state index contributed by atoms with van der Waals surface area (Å²) in [6.07, 6.45) is 0. The smallest absolute Gasteiger partial charge is 0.0467 e. The molecule has 9 aromatic rings. The highest BCUT2D eigenvalue weighted by molar-refractivity contribution is 7.22. The van der Waals surface area contributed by atoms with E-state index >= 15 is 0 Å². The molecule has 0 fully saturated rings. The van der Waals surface area contributed by atoms with E-state index in [0.29, 0.717) is 0 Å². The maximum atomic E-state index is 2.44. The van der Waals surface area contributed by atoms with Crippen LogP contribution in [-0.2, 0) is 10.8 Å². The Morgan fingerprint density at radius 1 is 0.362 bits per heavy atom. The molecule has 0 saturated carbocycles. The van der Waals surface area contributed by atoms with Crippen LogP contribution in [0, 0.1) is 0 Å². The van der Waals surface area contributed by atoms with Crippen LogP contribution in [0.25, 0.3) is 65.0 Å². The molecule has 1 aromatic heterocycles. The average Bonchev–Trinajstić information content (AvgIpc) is 3.85. The molecule has 2 aliphatic rings. The molecule has 58 heavy (non-hydrogen) atoms. The number of hydrogen-bond donors (Lipinski definition) is 0. The van der Waals surface area contributed by atoms with Crippen molar-refractivity contribution in [3.05, 3.63) is 210 Å². The topological polar surface area (TPSA) is 3.24 Å². The Balaban J connectivity index is 0.978. The van der Waals surface area contributed by atoms with Gasteiger partial charge in [-0.1, -0.05) is 161 Å². The molecule has 0 unspecified atom stereocenters. The van der Waals surface area contributed by atoms with Crippen molar-refractivity contribution in [3.8, 4) is 54.9 Å². The van der Waals surface area contributed by atoms with Gasteiger partial charge in [-0.2, -0.15) is 0 Å². The van der Waals surface area contributed by atoms with E-state index in [-0.39, 0.29) is 10.8 Å². The van der Waals surface area contributed by atoms with Crippen LogP contribution in [0.4, 0.5) is 17.1 Å². The van der Waals surface area contributed by atoms with Gasteiger partial charge >= 0.3 is 0 Å². The molecule has 2 heteroatoms. The van der Waals surface area contributed by atoms with Crippen molar-refractivity contribution in [1.29, 1.82) is 0 Å². The molecular weight excluding hydrogens is 719 g/mol. The van der Waals surface area contributed by atoms with E-state index in [2.05, 4.69) is 221 Å². The van der Waals surface area contributed by atoms with Crippen LogP contribution < -0.4 is 4.90 Å². The molecule has 0 aliphatic heterocycles. The second kappa shape index (κ2) is 13.0. The minimum atomic E-state index is -0.0786. The summed E-state index contributed by atoms with van der Waals surface area (Å²) >= 11 is 1.93. The third-order valence-corrected chi connectivity index (χ3v) is 14.1. The molecule has 0 bridgehead atoms. The Morgan fingerprint density at radius 2 is 0.879 bits per heavy atom. The average molecular weight is 762 g/mol. The first-order valence-corrected chi connectivity index (χ1v) is 21.2. The van der Waals surface area contributed by atoms with E-state index < -0.39 is 0 Å². The van der Waals surface area contributed by atoms with Crippen molar-refractivity contribution in [2.45, 2.75) is 38.5 Å². The van der Waals surface area contributed by atoms with Crippen molar-refractivity contribution in [2.75, 3.05) is 4.90 Å². The lowest BCUT2D eigenvalue weighted by Crippen LogP contribution is -2.15. The first kappa shape index (κ1) is 34.7. The number of anilines is 3. The normalized spacial score (nSPS) is 14.1. The van der Waals surface area contributed by atoms with Crippen molar-refractivity contribution >= 4 is 38.5 Å². The molecule has 278 valence electrons. The van der Waals surface area contributed by atoms with E-state index in [1.54, 1.807) is 0 Å².